The van der Waals surface area contributed by atoms with Crippen molar-refractivity contribution in [1.29, 1.82) is 5.26 Å². The molecule has 2 aromatic rings. The normalized spacial score (nSPS) is 10.1. The van der Waals surface area contributed by atoms with Crippen LogP contribution < -0.4 is 0 Å². The van der Waals surface area contributed by atoms with Gasteiger partial charge < -0.3 is 0 Å². The zero-order chi connectivity index (χ0) is 11.5. The van der Waals surface area contributed by atoms with Crippen LogP contribution in [0.15, 0.2) is 24.4 Å². The zero-order valence-corrected chi connectivity index (χ0v) is 9.31. The standard InChI is InChI=1S/C12H12N4/c1-9-5-10(2)16(15-9)8-11-3-4-14-12(6-11)7-13/h3-6H,8H2,1-2H3. The van der Waals surface area contributed by atoms with E-state index in [0.29, 0.717) is 12.2 Å². The largest absolute Gasteiger partial charge is 0.265 e. The Balaban J connectivity index is 2.27. The molecule has 4 heteroatoms. The average molecular weight is 212 g/mol. The molecule has 0 N–H and O–H groups in total. The predicted octanol–water partition coefficient (Wildman–Crippen LogP) is 1.81. The Morgan fingerprint density at radius 1 is 1.38 bits per heavy atom. The quantitative estimate of drug-likeness (QED) is 0.762. The van der Waals surface area contributed by atoms with Gasteiger partial charge >= 0.3 is 0 Å². The molecule has 80 valence electrons. The minimum Gasteiger partial charge on any atom is -0.265 e. The number of nitriles is 1. The average Bonchev–Trinajstić information content (AvgIpc) is 2.58. The van der Waals surface area contributed by atoms with Gasteiger partial charge in [0.15, 0.2) is 0 Å². The van der Waals surface area contributed by atoms with Crippen molar-refractivity contribution in [2.75, 3.05) is 0 Å². The van der Waals surface area contributed by atoms with Gasteiger partial charge in [-0.05, 0) is 37.6 Å². The molecule has 16 heavy (non-hydrogen) atoms. The van der Waals surface area contributed by atoms with E-state index in [0.717, 1.165) is 17.0 Å². The molecule has 2 aromatic heterocycles. The van der Waals surface area contributed by atoms with Gasteiger partial charge in [0, 0.05) is 11.9 Å². The van der Waals surface area contributed by atoms with E-state index in [1.54, 1.807) is 12.3 Å². The van der Waals surface area contributed by atoms with Crippen LogP contribution >= 0.6 is 0 Å². The Morgan fingerprint density at radius 3 is 2.81 bits per heavy atom. The lowest BCUT2D eigenvalue weighted by molar-refractivity contribution is 0.658. The summed E-state index contributed by atoms with van der Waals surface area (Å²) in [4.78, 5) is 3.94. The molecule has 4 nitrogen and oxygen atoms in total. The Labute approximate surface area is 94.2 Å². The van der Waals surface area contributed by atoms with Gasteiger partial charge in [0.2, 0.25) is 0 Å². The third-order valence-corrected chi connectivity index (χ3v) is 2.37. The van der Waals surface area contributed by atoms with Gasteiger partial charge in [-0.2, -0.15) is 10.4 Å². The summed E-state index contributed by atoms with van der Waals surface area (Å²) in [7, 11) is 0. The van der Waals surface area contributed by atoms with Gasteiger partial charge in [0.05, 0.1) is 12.2 Å². The lowest BCUT2D eigenvalue weighted by atomic mass is 10.2. The van der Waals surface area contributed by atoms with Crippen LogP contribution in [0.4, 0.5) is 0 Å². The molecule has 0 spiro atoms. The first-order chi connectivity index (χ1) is 7.69. The minimum absolute atomic E-state index is 0.444. The highest BCUT2D eigenvalue weighted by atomic mass is 15.3. The maximum atomic E-state index is 8.75. The first-order valence-corrected chi connectivity index (χ1v) is 5.05. The van der Waals surface area contributed by atoms with Gasteiger partial charge in [0.25, 0.3) is 0 Å². The summed E-state index contributed by atoms with van der Waals surface area (Å²) >= 11 is 0. The summed E-state index contributed by atoms with van der Waals surface area (Å²) in [5, 5.41) is 13.1. The Hall–Kier alpha value is -2.15. The summed E-state index contributed by atoms with van der Waals surface area (Å²) in [6.07, 6.45) is 1.65. The molecule has 0 fully saturated rings. The van der Waals surface area contributed by atoms with Gasteiger partial charge in [-0.15, -0.1) is 0 Å². The molecule has 2 heterocycles. The molecule has 0 saturated carbocycles. The van der Waals surface area contributed by atoms with Crippen LogP contribution in [0, 0.1) is 25.2 Å². The fourth-order valence-electron chi connectivity index (χ4n) is 1.64. The molecule has 0 unspecified atom stereocenters. The highest BCUT2D eigenvalue weighted by molar-refractivity contribution is 5.25. The van der Waals surface area contributed by atoms with Gasteiger partial charge in [-0.1, -0.05) is 0 Å². The van der Waals surface area contributed by atoms with Crippen LogP contribution in [0.3, 0.4) is 0 Å². The highest BCUT2D eigenvalue weighted by Crippen LogP contribution is 2.07. The third kappa shape index (κ3) is 2.09. The van der Waals surface area contributed by atoms with Crippen molar-refractivity contribution >= 4 is 0 Å². The van der Waals surface area contributed by atoms with E-state index >= 15 is 0 Å². The van der Waals surface area contributed by atoms with Crippen LogP contribution in [0.2, 0.25) is 0 Å². The van der Waals surface area contributed by atoms with Crippen LogP contribution in [0.1, 0.15) is 22.6 Å². The van der Waals surface area contributed by atoms with Crippen LogP contribution in [0.25, 0.3) is 0 Å². The summed E-state index contributed by atoms with van der Waals surface area (Å²) < 4.78 is 1.92. The summed E-state index contributed by atoms with van der Waals surface area (Å²) in [5.74, 6) is 0. The predicted molar refractivity (Wildman–Crippen MR) is 59.8 cm³/mol. The van der Waals surface area contributed by atoms with Gasteiger partial charge in [-0.25, -0.2) is 4.98 Å². The maximum absolute atomic E-state index is 8.75. The zero-order valence-electron chi connectivity index (χ0n) is 9.31. The van der Waals surface area contributed by atoms with Crippen molar-refractivity contribution in [1.82, 2.24) is 14.8 Å². The second kappa shape index (κ2) is 4.15. The Bertz CT molecular complexity index is 548. The van der Waals surface area contributed by atoms with Gasteiger partial charge in [0.1, 0.15) is 11.8 Å². The van der Waals surface area contributed by atoms with Crippen molar-refractivity contribution in [2.45, 2.75) is 20.4 Å². The Morgan fingerprint density at radius 2 is 2.19 bits per heavy atom. The second-order valence-electron chi connectivity index (χ2n) is 3.75. The summed E-state index contributed by atoms with van der Waals surface area (Å²) in [5.41, 5.74) is 3.61. The monoisotopic (exact) mass is 212 g/mol. The lowest BCUT2D eigenvalue weighted by Gasteiger charge is -2.04. The topological polar surface area (TPSA) is 54.5 Å². The van der Waals surface area contributed by atoms with E-state index in [1.165, 1.54) is 0 Å². The molecule has 0 atom stereocenters. The Kier molecular flexibility index (Phi) is 2.69. The number of pyridine rings is 1. The molecule has 0 aliphatic carbocycles. The third-order valence-electron chi connectivity index (χ3n) is 2.37. The van der Waals surface area contributed by atoms with E-state index in [4.69, 9.17) is 5.26 Å². The van der Waals surface area contributed by atoms with E-state index in [9.17, 15) is 0 Å². The SMILES string of the molecule is Cc1cc(C)n(Cc2ccnc(C#N)c2)n1. The number of nitrogens with zero attached hydrogens (tertiary/aromatic N) is 4. The first kappa shape index (κ1) is 10.4. The van der Waals surface area contributed by atoms with Crippen LogP contribution in [-0.2, 0) is 6.54 Å². The molecule has 0 aromatic carbocycles. The first-order valence-electron chi connectivity index (χ1n) is 5.05. The molecule has 0 aliphatic heterocycles. The molecular formula is C12H12N4. The fraction of sp³-hybridized carbons (Fsp3) is 0.250. The number of aromatic nitrogens is 3. The van der Waals surface area contributed by atoms with Crippen molar-refractivity contribution in [2.24, 2.45) is 0 Å². The molecule has 2 rings (SSSR count). The van der Waals surface area contributed by atoms with Crippen molar-refractivity contribution < 1.29 is 0 Å². The fourth-order valence-corrected chi connectivity index (χ4v) is 1.64. The molecular weight excluding hydrogens is 200 g/mol. The molecule has 0 amide bonds. The number of rotatable bonds is 2. The van der Waals surface area contributed by atoms with E-state index < -0.39 is 0 Å². The van der Waals surface area contributed by atoms with E-state index in [-0.39, 0.29) is 0 Å². The van der Waals surface area contributed by atoms with E-state index in [1.807, 2.05) is 36.7 Å². The molecule has 0 saturated heterocycles. The van der Waals surface area contributed by atoms with Crippen LogP contribution in [0.5, 0.6) is 0 Å². The minimum atomic E-state index is 0.444. The molecule has 0 radical (unpaired) electrons. The van der Waals surface area contributed by atoms with Crippen LogP contribution in [-0.4, -0.2) is 14.8 Å². The highest BCUT2D eigenvalue weighted by Gasteiger charge is 2.02. The lowest BCUT2D eigenvalue weighted by Crippen LogP contribution is -2.04. The maximum Gasteiger partial charge on any atom is 0.140 e. The number of hydrogen-bond donors (Lipinski definition) is 0. The number of aryl methyl sites for hydroxylation is 2. The smallest absolute Gasteiger partial charge is 0.140 e. The summed E-state index contributed by atoms with van der Waals surface area (Å²) in [6.45, 7) is 4.67. The van der Waals surface area contributed by atoms with Crippen molar-refractivity contribution in [3.63, 3.8) is 0 Å². The second-order valence-corrected chi connectivity index (χ2v) is 3.75. The van der Waals surface area contributed by atoms with Crippen molar-refractivity contribution in [3.8, 4) is 6.07 Å². The van der Waals surface area contributed by atoms with E-state index in [2.05, 4.69) is 10.1 Å². The molecule has 0 bridgehead atoms. The van der Waals surface area contributed by atoms with Gasteiger partial charge in [-0.3, -0.25) is 4.68 Å². The summed E-state index contributed by atoms with van der Waals surface area (Å²) in [6, 6.07) is 7.75. The molecule has 0 aliphatic rings. The number of hydrogen-bond acceptors (Lipinski definition) is 3. The van der Waals surface area contributed by atoms with Crippen molar-refractivity contribution in [3.05, 3.63) is 47.0 Å².